The van der Waals surface area contributed by atoms with Gasteiger partial charge in [0.25, 0.3) is 5.91 Å². The zero-order chi connectivity index (χ0) is 14.4. The van der Waals surface area contributed by atoms with Gasteiger partial charge >= 0.3 is 0 Å². The third-order valence-electron chi connectivity index (χ3n) is 2.44. The van der Waals surface area contributed by atoms with Gasteiger partial charge in [-0.25, -0.2) is 0 Å². The predicted octanol–water partition coefficient (Wildman–Crippen LogP) is -0.120. The van der Waals surface area contributed by atoms with Gasteiger partial charge in [-0.3, -0.25) is 9.79 Å². The fraction of sp³-hybridized carbons (Fsp3) is 0.333. The maximum Gasteiger partial charge on any atom is 0.255 e. The Labute approximate surface area is 110 Å². The van der Waals surface area contributed by atoms with E-state index < -0.39 is 5.91 Å². The molecule has 0 aliphatic heterocycles. The normalized spacial score (nSPS) is 11.6. The first-order chi connectivity index (χ1) is 8.90. The molecule has 0 radical (unpaired) electrons. The van der Waals surface area contributed by atoms with E-state index in [0.29, 0.717) is 13.0 Å². The number of nitrogens with one attached hydrogen (secondary N) is 1. The first-order valence-corrected chi connectivity index (χ1v) is 5.79. The monoisotopic (exact) mass is 266 g/mol. The molecule has 7 N–H and O–H groups in total. The molecule has 0 aliphatic carbocycles. The summed E-state index contributed by atoms with van der Waals surface area (Å²) < 4.78 is 0. The van der Waals surface area contributed by atoms with E-state index >= 15 is 0 Å². The minimum Gasteiger partial charge on any atom is -0.508 e. The number of phenolic OH excluding ortho intramolecular Hbond substituents is 2. The maximum atomic E-state index is 11.7. The van der Waals surface area contributed by atoms with E-state index in [-0.39, 0.29) is 29.1 Å². The summed E-state index contributed by atoms with van der Waals surface area (Å²) in [4.78, 5) is 15.7. The number of phenols is 2. The Morgan fingerprint density at radius 2 is 2.11 bits per heavy atom. The molecule has 0 bridgehead atoms. The van der Waals surface area contributed by atoms with Crippen LogP contribution in [-0.4, -0.2) is 34.7 Å². The molecule has 0 aromatic heterocycles. The van der Waals surface area contributed by atoms with Crippen molar-refractivity contribution in [3.05, 3.63) is 23.8 Å². The minimum absolute atomic E-state index is 0.00926. The van der Waals surface area contributed by atoms with E-state index in [0.717, 1.165) is 6.07 Å². The molecule has 104 valence electrons. The number of rotatable bonds is 5. The second-order valence-corrected chi connectivity index (χ2v) is 4.15. The quantitative estimate of drug-likeness (QED) is 0.374. The molecule has 0 heterocycles. The summed E-state index contributed by atoms with van der Waals surface area (Å²) in [6, 6.07) is 3.69. The summed E-state index contributed by atoms with van der Waals surface area (Å²) in [7, 11) is 0. The van der Waals surface area contributed by atoms with Crippen molar-refractivity contribution < 1.29 is 15.0 Å². The van der Waals surface area contributed by atoms with Crippen molar-refractivity contribution in [1.29, 1.82) is 0 Å². The number of guanidine groups is 1. The van der Waals surface area contributed by atoms with E-state index in [2.05, 4.69) is 10.3 Å². The van der Waals surface area contributed by atoms with Gasteiger partial charge in [0.1, 0.15) is 11.5 Å². The number of benzene rings is 1. The molecule has 1 unspecified atom stereocenters. The maximum absolute atomic E-state index is 11.7. The van der Waals surface area contributed by atoms with Crippen molar-refractivity contribution in [2.45, 2.75) is 19.4 Å². The van der Waals surface area contributed by atoms with Crippen LogP contribution in [0, 0.1) is 0 Å². The topological polar surface area (TPSA) is 134 Å². The summed E-state index contributed by atoms with van der Waals surface area (Å²) in [6.07, 6.45) is 0.572. The Morgan fingerprint density at radius 1 is 1.42 bits per heavy atom. The molecule has 1 aromatic carbocycles. The van der Waals surface area contributed by atoms with Crippen LogP contribution in [0.2, 0.25) is 0 Å². The lowest BCUT2D eigenvalue weighted by atomic mass is 10.1. The van der Waals surface area contributed by atoms with E-state index in [4.69, 9.17) is 16.6 Å². The predicted molar refractivity (Wildman–Crippen MR) is 72.0 cm³/mol. The third kappa shape index (κ3) is 4.74. The van der Waals surface area contributed by atoms with Crippen LogP contribution in [0.25, 0.3) is 0 Å². The number of carbonyl (C=O) groups excluding carboxylic acids is 1. The Bertz CT molecular complexity index is 484. The average molecular weight is 266 g/mol. The number of amides is 1. The highest BCUT2D eigenvalue weighted by Gasteiger charge is 2.11. The minimum atomic E-state index is -0.422. The lowest BCUT2D eigenvalue weighted by Crippen LogP contribution is -2.28. The summed E-state index contributed by atoms with van der Waals surface area (Å²) in [5, 5.41) is 21.3. The molecule has 0 saturated heterocycles. The van der Waals surface area contributed by atoms with Crippen LogP contribution < -0.4 is 16.8 Å². The van der Waals surface area contributed by atoms with Crippen molar-refractivity contribution in [3.63, 3.8) is 0 Å². The second-order valence-electron chi connectivity index (χ2n) is 4.15. The number of nitrogens with zero attached hydrogens (tertiary/aromatic N) is 1. The molecule has 7 heteroatoms. The van der Waals surface area contributed by atoms with E-state index in [1.165, 1.54) is 12.1 Å². The van der Waals surface area contributed by atoms with E-state index in [9.17, 15) is 9.90 Å². The van der Waals surface area contributed by atoms with Crippen molar-refractivity contribution in [1.82, 2.24) is 5.32 Å². The van der Waals surface area contributed by atoms with Crippen LogP contribution in [0.15, 0.2) is 23.2 Å². The molecule has 0 saturated carbocycles. The number of hydrogen-bond donors (Lipinski definition) is 5. The Morgan fingerprint density at radius 3 is 2.68 bits per heavy atom. The zero-order valence-electron chi connectivity index (χ0n) is 10.6. The van der Waals surface area contributed by atoms with Gasteiger partial charge < -0.3 is 27.0 Å². The van der Waals surface area contributed by atoms with Gasteiger partial charge in [-0.05, 0) is 25.5 Å². The Balaban J connectivity index is 2.50. The van der Waals surface area contributed by atoms with Crippen molar-refractivity contribution in [2.75, 3.05) is 6.54 Å². The number of nitrogens with two attached hydrogens (primary N) is 2. The van der Waals surface area contributed by atoms with Gasteiger partial charge in [0.15, 0.2) is 5.96 Å². The molecule has 1 aromatic rings. The van der Waals surface area contributed by atoms with Gasteiger partial charge in [0, 0.05) is 12.6 Å². The van der Waals surface area contributed by atoms with Crippen molar-refractivity contribution >= 4 is 11.9 Å². The lowest BCUT2D eigenvalue weighted by molar-refractivity contribution is 0.0950. The molecule has 1 atom stereocenters. The summed E-state index contributed by atoms with van der Waals surface area (Å²) in [6.45, 7) is 2.20. The molecule has 0 fully saturated rings. The van der Waals surface area contributed by atoms with Crippen molar-refractivity contribution in [2.24, 2.45) is 16.5 Å². The summed E-state index contributed by atoms with van der Waals surface area (Å²) in [5.74, 6) is -0.783. The van der Waals surface area contributed by atoms with E-state index in [1.54, 1.807) is 0 Å². The van der Waals surface area contributed by atoms with Crippen LogP contribution in [0.3, 0.4) is 0 Å². The summed E-state index contributed by atoms with van der Waals surface area (Å²) in [5.41, 5.74) is 10.6. The fourth-order valence-electron chi connectivity index (χ4n) is 1.52. The molecule has 19 heavy (non-hydrogen) atoms. The molecule has 0 spiro atoms. The first kappa shape index (κ1) is 14.6. The van der Waals surface area contributed by atoms with Crippen LogP contribution >= 0.6 is 0 Å². The number of aliphatic imine (C=N–C) groups is 1. The highest BCUT2D eigenvalue weighted by molar-refractivity contribution is 5.96. The second kappa shape index (κ2) is 6.48. The molecule has 1 rings (SSSR count). The lowest BCUT2D eigenvalue weighted by Gasteiger charge is -2.09. The molecular formula is C12H18N4O3. The van der Waals surface area contributed by atoms with Gasteiger partial charge in [0.05, 0.1) is 11.6 Å². The van der Waals surface area contributed by atoms with Gasteiger partial charge in [-0.15, -0.1) is 0 Å². The van der Waals surface area contributed by atoms with Crippen LogP contribution in [-0.2, 0) is 0 Å². The summed E-state index contributed by atoms with van der Waals surface area (Å²) >= 11 is 0. The number of carbonyl (C=O) groups is 1. The highest BCUT2D eigenvalue weighted by Crippen LogP contribution is 2.22. The number of hydrogen-bond acceptors (Lipinski definition) is 4. The van der Waals surface area contributed by atoms with Gasteiger partial charge in [-0.1, -0.05) is 0 Å². The van der Waals surface area contributed by atoms with Crippen LogP contribution in [0.5, 0.6) is 11.5 Å². The highest BCUT2D eigenvalue weighted by atomic mass is 16.3. The van der Waals surface area contributed by atoms with Crippen LogP contribution in [0.4, 0.5) is 0 Å². The fourth-order valence-corrected chi connectivity index (χ4v) is 1.52. The third-order valence-corrected chi connectivity index (χ3v) is 2.44. The van der Waals surface area contributed by atoms with Crippen molar-refractivity contribution in [3.8, 4) is 11.5 Å². The first-order valence-electron chi connectivity index (χ1n) is 5.79. The Hall–Kier alpha value is -2.44. The number of aromatic hydroxyl groups is 2. The van der Waals surface area contributed by atoms with Gasteiger partial charge in [0.2, 0.25) is 0 Å². The SMILES string of the molecule is CC(CCNC(=O)c1ccc(O)cc1O)N=C(N)N. The van der Waals surface area contributed by atoms with Gasteiger partial charge in [-0.2, -0.15) is 0 Å². The average Bonchev–Trinajstić information content (AvgIpc) is 2.27. The van der Waals surface area contributed by atoms with Crippen LogP contribution in [0.1, 0.15) is 23.7 Å². The standard InChI is InChI=1S/C12H18N4O3/c1-7(16-12(13)14)4-5-15-11(19)9-3-2-8(17)6-10(9)18/h2-3,6-7,17-18H,4-5H2,1H3,(H,15,19)(H4,13,14,16). The molecule has 0 aliphatic rings. The molecule has 7 nitrogen and oxygen atoms in total. The zero-order valence-corrected chi connectivity index (χ0v) is 10.6. The van der Waals surface area contributed by atoms with E-state index in [1.807, 2.05) is 6.92 Å². The molecular weight excluding hydrogens is 248 g/mol. The largest absolute Gasteiger partial charge is 0.508 e. The smallest absolute Gasteiger partial charge is 0.255 e. The molecule has 1 amide bonds. The Kier molecular flexibility index (Phi) is 4.99.